The van der Waals surface area contributed by atoms with Crippen LogP contribution in [0.1, 0.15) is 26.3 Å². The van der Waals surface area contributed by atoms with E-state index in [1.165, 1.54) is 6.07 Å². The van der Waals surface area contributed by atoms with Crippen molar-refractivity contribution in [3.05, 3.63) is 39.7 Å². The van der Waals surface area contributed by atoms with Crippen LogP contribution in [-0.2, 0) is 14.9 Å². The quantitative estimate of drug-likeness (QED) is 0.471. The maximum Gasteiger partial charge on any atom is 0.315 e. The SMILES string of the molecule is CCOC(=O)C(C)(C)c1ccc(F)c([N+](=O)[O-])c1. The van der Waals surface area contributed by atoms with Gasteiger partial charge in [-0.1, -0.05) is 6.07 Å². The number of nitro benzene ring substituents is 1. The number of halogens is 1. The third-order valence-corrected chi connectivity index (χ3v) is 2.65. The Kier molecular flexibility index (Phi) is 4.00. The lowest BCUT2D eigenvalue weighted by Gasteiger charge is -2.22. The summed E-state index contributed by atoms with van der Waals surface area (Å²) in [4.78, 5) is 21.6. The third kappa shape index (κ3) is 2.64. The molecule has 0 aliphatic heterocycles. The predicted molar refractivity (Wildman–Crippen MR) is 62.7 cm³/mol. The van der Waals surface area contributed by atoms with Crippen molar-refractivity contribution in [1.29, 1.82) is 0 Å². The Morgan fingerprint density at radius 1 is 1.50 bits per heavy atom. The molecule has 0 radical (unpaired) electrons. The summed E-state index contributed by atoms with van der Waals surface area (Å²) in [5, 5.41) is 10.6. The second-order valence-corrected chi connectivity index (χ2v) is 4.27. The molecule has 0 amide bonds. The molecule has 0 N–H and O–H groups in total. The van der Waals surface area contributed by atoms with Crippen molar-refractivity contribution < 1.29 is 18.8 Å². The molecule has 0 heterocycles. The van der Waals surface area contributed by atoms with E-state index in [1.54, 1.807) is 20.8 Å². The largest absolute Gasteiger partial charge is 0.465 e. The van der Waals surface area contributed by atoms with Crippen molar-refractivity contribution in [2.45, 2.75) is 26.2 Å². The van der Waals surface area contributed by atoms with Crippen molar-refractivity contribution in [3.63, 3.8) is 0 Å². The van der Waals surface area contributed by atoms with Gasteiger partial charge in [0, 0.05) is 6.07 Å². The molecule has 1 aromatic carbocycles. The van der Waals surface area contributed by atoms with Gasteiger partial charge < -0.3 is 4.74 Å². The van der Waals surface area contributed by atoms with Gasteiger partial charge in [0.05, 0.1) is 16.9 Å². The van der Waals surface area contributed by atoms with Gasteiger partial charge in [0.15, 0.2) is 0 Å². The monoisotopic (exact) mass is 255 g/mol. The summed E-state index contributed by atoms with van der Waals surface area (Å²) >= 11 is 0. The molecule has 0 aromatic heterocycles. The van der Waals surface area contributed by atoms with Gasteiger partial charge in [-0.25, -0.2) is 0 Å². The molecule has 0 atom stereocenters. The second-order valence-electron chi connectivity index (χ2n) is 4.27. The van der Waals surface area contributed by atoms with E-state index in [-0.39, 0.29) is 6.61 Å². The summed E-state index contributed by atoms with van der Waals surface area (Å²) in [6, 6.07) is 3.39. The highest BCUT2D eigenvalue weighted by molar-refractivity contribution is 5.82. The van der Waals surface area contributed by atoms with Gasteiger partial charge in [-0.15, -0.1) is 0 Å². The first kappa shape index (κ1) is 14.1. The van der Waals surface area contributed by atoms with Crippen LogP contribution in [0.2, 0.25) is 0 Å². The van der Waals surface area contributed by atoms with Crippen molar-refractivity contribution in [3.8, 4) is 0 Å². The number of carbonyl (C=O) groups is 1. The molecule has 0 aliphatic rings. The molecule has 6 heteroatoms. The van der Waals surface area contributed by atoms with Crippen molar-refractivity contribution in [2.75, 3.05) is 6.61 Å². The topological polar surface area (TPSA) is 69.4 Å². The first-order valence-electron chi connectivity index (χ1n) is 5.42. The fourth-order valence-electron chi connectivity index (χ4n) is 1.47. The number of nitro groups is 1. The van der Waals surface area contributed by atoms with E-state index >= 15 is 0 Å². The van der Waals surface area contributed by atoms with E-state index in [0.29, 0.717) is 5.56 Å². The van der Waals surface area contributed by atoms with Crippen LogP contribution in [0.15, 0.2) is 18.2 Å². The third-order valence-electron chi connectivity index (χ3n) is 2.65. The summed E-state index contributed by atoms with van der Waals surface area (Å²) in [5.74, 6) is -1.44. The second kappa shape index (κ2) is 5.12. The number of rotatable bonds is 4. The average molecular weight is 255 g/mol. The van der Waals surface area contributed by atoms with E-state index in [1.807, 2.05) is 0 Å². The summed E-state index contributed by atoms with van der Waals surface area (Å²) in [7, 11) is 0. The fraction of sp³-hybridized carbons (Fsp3) is 0.417. The van der Waals surface area contributed by atoms with Crippen molar-refractivity contribution in [1.82, 2.24) is 0 Å². The maximum absolute atomic E-state index is 13.2. The molecule has 98 valence electrons. The van der Waals surface area contributed by atoms with Gasteiger partial charge in [0.1, 0.15) is 0 Å². The number of benzene rings is 1. The first-order chi connectivity index (χ1) is 8.30. The molecule has 1 aromatic rings. The molecule has 0 saturated heterocycles. The van der Waals surface area contributed by atoms with Gasteiger partial charge in [-0.05, 0) is 32.4 Å². The zero-order chi connectivity index (χ0) is 13.9. The van der Waals surface area contributed by atoms with Crippen LogP contribution < -0.4 is 0 Å². The van der Waals surface area contributed by atoms with Crippen LogP contribution in [0.5, 0.6) is 0 Å². The number of hydrogen-bond acceptors (Lipinski definition) is 4. The number of ether oxygens (including phenoxy) is 1. The normalized spacial score (nSPS) is 11.1. The van der Waals surface area contributed by atoms with Crippen LogP contribution >= 0.6 is 0 Å². The number of esters is 1. The minimum absolute atomic E-state index is 0.214. The molecule has 0 spiro atoms. The minimum atomic E-state index is -1.06. The molecule has 0 aliphatic carbocycles. The van der Waals surface area contributed by atoms with E-state index in [4.69, 9.17) is 4.74 Å². The number of carbonyl (C=O) groups excluding carboxylic acids is 1. The van der Waals surface area contributed by atoms with Crippen molar-refractivity contribution in [2.24, 2.45) is 0 Å². The lowest BCUT2D eigenvalue weighted by Crippen LogP contribution is -2.31. The zero-order valence-electron chi connectivity index (χ0n) is 10.4. The minimum Gasteiger partial charge on any atom is -0.465 e. The van der Waals surface area contributed by atoms with Crippen LogP contribution in [0, 0.1) is 15.9 Å². The Bertz CT molecular complexity index is 485. The molecule has 0 bridgehead atoms. The maximum atomic E-state index is 13.2. The molecule has 0 saturated carbocycles. The van der Waals surface area contributed by atoms with Gasteiger partial charge in [0.2, 0.25) is 5.82 Å². The van der Waals surface area contributed by atoms with Crippen LogP contribution in [-0.4, -0.2) is 17.5 Å². The first-order valence-corrected chi connectivity index (χ1v) is 5.42. The highest BCUT2D eigenvalue weighted by Gasteiger charge is 2.33. The van der Waals surface area contributed by atoms with Gasteiger partial charge in [-0.3, -0.25) is 14.9 Å². The molecule has 0 unspecified atom stereocenters. The molecule has 1 rings (SSSR count). The Hall–Kier alpha value is -1.98. The van der Waals surface area contributed by atoms with Crippen molar-refractivity contribution >= 4 is 11.7 Å². The lowest BCUT2D eigenvalue weighted by atomic mass is 9.84. The Morgan fingerprint density at radius 2 is 2.11 bits per heavy atom. The fourth-order valence-corrected chi connectivity index (χ4v) is 1.47. The molecular weight excluding hydrogens is 241 g/mol. The van der Waals surface area contributed by atoms with Crippen LogP contribution in [0.4, 0.5) is 10.1 Å². The Balaban J connectivity index is 3.21. The predicted octanol–water partition coefficient (Wildman–Crippen LogP) is 2.57. The summed E-state index contributed by atoms with van der Waals surface area (Å²) in [6.07, 6.45) is 0. The van der Waals surface area contributed by atoms with E-state index in [2.05, 4.69) is 0 Å². The van der Waals surface area contributed by atoms with Crippen LogP contribution in [0.3, 0.4) is 0 Å². The summed E-state index contributed by atoms with van der Waals surface area (Å²) in [5.41, 5.74) is -1.37. The number of nitrogens with zero attached hydrogens (tertiary/aromatic N) is 1. The number of hydrogen-bond donors (Lipinski definition) is 0. The van der Waals surface area contributed by atoms with Gasteiger partial charge in [0.25, 0.3) is 0 Å². The highest BCUT2D eigenvalue weighted by Crippen LogP contribution is 2.29. The molecule has 18 heavy (non-hydrogen) atoms. The summed E-state index contributed by atoms with van der Waals surface area (Å²) < 4.78 is 18.1. The smallest absolute Gasteiger partial charge is 0.315 e. The highest BCUT2D eigenvalue weighted by atomic mass is 19.1. The Labute approximate surface area is 104 Å². The zero-order valence-corrected chi connectivity index (χ0v) is 10.4. The van der Waals surface area contributed by atoms with E-state index in [9.17, 15) is 19.3 Å². The van der Waals surface area contributed by atoms with E-state index in [0.717, 1.165) is 12.1 Å². The van der Waals surface area contributed by atoms with Gasteiger partial charge in [-0.2, -0.15) is 4.39 Å². The molecule has 5 nitrogen and oxygen atoms in total. The van der Waals surface area contributed by atoms with Gasteiger partial charge >= 0.3 is 11.7 Å². The molecular formula is C12H14FNO4. The standard InChI is InChI=1S/C12H14FNO4/c1-4-18-11(15)12(2,3)8-5-6-9(13)10(7-8)14(16)17/h5-7H,4H2,1-3H3. The summed E-state index contributed by atoms with van der Waals surface area (Å²) in [6.45, 7) is 5.02. The molecule has 0 fully saturated rings. The average Bonchev–Trinajstić information content (AvgIpc) is 2.29. The lowest BCUT2D eigenvalue weighted by molar-refractivity contribution is -0.387. The van der Waals surface area contributed by atoms with Crippen LogP contribution in [0.25, 0.3) is 0 Å². The Morgan fingerprint density at radius 3 is 2.61 bits per heavy atom. The van der Waals surface area contributed by atoms with E-state index < -0.39 is 27.8 Å².